The van der Waals surface area contributed by atoms with Crippen molar-refractivity contribution in [3.05, 3.63) is 46.5 Å². The van der Waals surface area contributed by atoms with Crippen molar-refractivity contribution in [2.75, 3.05) is 13.6 Å². The van der Waals surface area contributed by atoms with Gasteiger partial charge in [-0.05, 0) is 82.5 Å². The number of nitrogens with zero attached hydrogens (tertiary/aromatic N) is 4. The van der Waals surface area contributed by atoms with Crippen molar-refractivity contribution < 1.29 is 4.79 Å². The van der Waals surface area contributed by atoms with E-state index < -0.39 is 0 Å². The molecule has 33 heavy (non-hydrogen) atoms. The summed E-state index contributed by atoms with van der Waals surface area (Å²) in [4.78, 5) is 16.0. The molecule has 1 aliphatic heterocycles. The average molecular weight is 451 g/mol. The highest BCUT2D eigenvalue weighted by Gasteiger charge is 2.41. The fourth-order valence-corrected chi connectivity index (χ4v) is 5.46. The average Bonchev–Trinajstić information content (AvgIpc) is 3.49. The van der Waals surface area contributed by atoms with Crippen molar-refractivity contribution in [3.8, 4) is 0 Å². The number of benzene rings is 1. The Bertz CT molecular complexity index is 982. The largest absolute Gasteiger partial charge is 0.311 e. The number of rotatable bonds is 8. The highest BCUT2D eigenvalue weighted by Crippen LogP contribution is 2.42. The van der Waals surface area contributed by atoms with Gasteiger partial charge >= 0.3 is 0 Å². The Balaban J connectivity index is 1.58. The van der Waals surface area contributed by atoms with Gasteiger partial charge in [0.05, 0.1) is 6.04 Å². The Kier molecular flexibility index (Phi) is 7.09. The standard InChI is InChI=1S/C28H42N4O/c1-19-11-12-21(20(2)17-19)18-24(33)23-9-8-16-31(6)26(23)27-30-29-25(32(27)22-13-14-22)10-7-15-28(3,4)5/h11-12,17,22-23,26H,7-10,13-16,18H2,1-6H3/t23-,26+/m1/s1. The van der Waals surface area contributed by atoms with Crippen molar-refractivity contribution in [2.24, 2.45) is 11.3 Å². The van der Waals surface area contributed by atoms with Crippen LogP contribution in [0, 0.1) is 25.2 Å². The number of carbonyl (C=O) groups is 1. The first kappa shape index (κ1) is 24.1. The van der Waals surface area contributed by atoms with E-state index in [9.17, 15) is 4.79 Å². The minimum atomic E-state index is -0.0198. The maximum Gasteiger partial charge on any atom is 0.151 e. The molecule has 2 aromatic rings. The molecule has 2 aliphatic rings. The zero-order valence-corrected chi connectivity index (χ0v) is 21.5. The maximum atomic E-state index is 13.6. The molecule has 2 fully saturated rings. The van der Waals surface area contributed by atoms with Gasteiger partial charge in [0.25, 0.3) is 0 Å². The van der Waals surface area contributed by atoms with Gasteiger partial charge in [0.1, 0.15) is 11.6 Å². The number of hydrogen-bond acceptors (Lipinski definition) is 4. The molecule has 2 atom stereocenters. The lowest BCUT2D eigenvalue weighted by molar-refractivity contribution is -0.126. The first-order valence-electron chi connectivity index (χ1n) is 12.9. The third-order valence-electron chi connectivity index (χ3n) is 7.45. The van der Waals surface area contributed by atoms with Gasteiger partial charge < -0.3 is 4.57 Å². The van der Waals surface area contributed by atoms with Gasteiger partial charge in [-0.1, -0.05) is 44.5 Å². The predicted molar refractivity (Wildman–Crippen MR) is 133 cm³/mol. The Morgan fingerprint density at radius 1 is 1.12 bits per heavy atom. The lowest BCUT2D eigenvalue weighted by Gasteiger charge is -2.38. The zero-order chi connectivity index (χ0) is 23.8. The molecule has 0 bridgehead atoms. The molecule has 0 spiro atoms. The monoisotopic (exact) mass is 450 g/mol. The molecule has 1 saturated carbocycles. The number of Topliss-reactive ketones (excluding diaryl/α,β-unsaturated/α-hetero) is 1. The molecule has 5 nitrogen and oxygen atoms in total. The maximum absolute atomic E-state index is 13.6. The molecule has 1 saturated heterocycles. The van der Waals surface area contributed by atoms with E-state index in [1.54, 1.807) is 0 Å². The summed E-state index contributed by atoms with van der Waals surface area (Å²) in [6.07, 6.45) is 8.20. The van der Waals surface area contributed by atoms with Gasteiger partial charge in [0.15, 0.2) is 5.82 Å². The summed E-state index contributed by atoms with van der Waals surface area (Å²) in [5.41, 5.74) is 3.95. The van der Waals surface area contributed by atoms with Crippen LogP contribution in [-0.2, 0) is 17.6 Å². The minimum absolute atomic E-state index is 0.0198. The van der Waals surface area contributed by atoms with Crippen LogP contribution < -0.4 is 0 Å². The van der Waals surface area contributed by atoms with Crippen LogP contribution in [0.15, 0.2) is 18.2 Å². The van der Waals surface area contributed by atoms with Crippen molar-refractivity contribution >= 4 is 5.78 Å². The van der Waals surface area contributed by atoms with Gasteiger partial charge in [-0.2, -0.15) is 0 Å². The molecule has 5 heteroatoms. The number of carbonyl (C=O) groups excluding carboxylic acids is 1. The number of hydrogen-bond donors (Lipinski definition) is 0. The Morgan fingerprint density at radius 2 is 1.88 bits per heavy atom. The number of aryl methyl sites for hydroxylation is 3. The number of ketones is 1. The van der Waals surface area contributed by atoms with Crippen LogP contribution in [0.5, 0.6) is 0 Å². The summed E-state index contributed by atoms with van der Waals surface area (Å²) in [5, 5.41) is 9.44. The number of likely N-dealkylation sites (tertiary alicyclic amines) is 1. The Labute approximate surface area is 200 Å². The third kappa shape index (κ3) is 5.74. The quantitative estimate of drug-likeness (QED) is 0.510. The number of aromatic nitrogens is 3. The van der Waals surface area contributed by atoms with Crippen LogP contribution in [-0.4, -0.2) is 39.0 Å². The first-order valence-corrected chi connectivity index (χ1v) is 12.9. The number of piperidine rings is 1. The second kappa shape index (κ2) is 9.69. The van der Waals surface area contributed by atoms with Gasteiger partial charge in [0, 0.05) is 24.8 Å². The topological polar surface area (TPSA) is 51.0 Å². The minimum Gasteiger partial charge on any atom is -0.311 e. The van der Waals surface area contributed by atoms with Crippen molar-refractivity contribution in [1.29, 1.82) is 0 Å². The van der Waals surface area contributed by atoms with E-state index in [1.165, 1.54) is 30.4 Å². The Morgan fingerprint density at radius 3 is 2.55 bits per heavy atom. The summed E-state index contributed by atoms with van der Waals surface area (Å²) in [7, 11) is 2.16. The normalized spacial score (nSPS) is 22.0. The molecular weight excluding hydrogens is 408 g/mol. The van der Waals surface area contributed by atoms with Gasteiger partial charge in [0.2, 0.25) is 0 Å². The molecule has 0 radical (unpaired) electrons. The summed E-state index contributed by atoms with van der Waals surface area (Å²) >= 11 is 0. The summed E-state index contributed by atoms with van der Waals surface area (Å²) in [5.74, 6) is 2.48. The summed E-state index contributed by atoms with van der Waals surface area (Å²) in [6, 6.07) is 6.98. The van der Waals surface area contributed by atoms with E-state index in [0.717, 1.165) is 49.4 Å². The zero-order valence-electron chi connectivity index (χ0n) is 21.5. The fraction of sp³-hybridized carbons (Fsp3) is 0.679. The SMILES string of the molecule is Cc1ccc(CC(=O)[C@H]2CCCN(C)[C@@H]2c2nnc(CCCC(C)(C)C)n2C2CC2)c(C)c1. The Hall–Kier alpha value is -2.01. The van der Waals surface area contributed by atoms with Crippen LogP contribution in [0.3, 0.4) is 0 Å². The van der Waals surface area contributed by atoms with E-state index in [2.05, 4.69) is 74.4 Å². The molecular formula is C28H42N4O. The predicted octanol–water partition coefficient (Wildman–Crippen LogP) is 5.79. The van der Waals surface area contributed by atoms with E-state index in [-0.39, 0.29) is 12.0 Å². The smallest absolute Gasteiger partial charge is 0.151 e. The van der Waals surface area contributed by atoms with Gasteiger partial charge in [-0.25, -0.2) is 0 Å². The van der Waals surface area contributed by atoms with Crippen LogP contribution in [0.1, 0.15) is 99.7 Å². The molecule has 180 valence electrons. The van der Waals surface area contributed by atoms with Crippen LogP contribution >= 0.6 is 0 Å². The molecule has 4 rings (SSSR count). The first-order chi connectivity index (χ1) is 15.6. The van der Waals surface area contributed by atoms with Gasteiger partial charge in [-0.3, -0.25) is 9.69 Å². The van der Waals surface area contributed by atoms with Crippen LogP contribution in [0.25, 0.3) is 0 Å². The molecule has 2 heterocycles. The fourth-order valence-electron chi connectivity index (χ4n) is 5.46. The van der Waals surface area contributed by atoms with E-state index in [4.69, 9.17) is 5.10 Å². The van der Waals surface area contributed by atoms with Crippen LogP contribution in [0.2, 0.25) is 0 Å². The summed E-state index contributed by atoms with van der Waals surface area (Å²) < 4.78 is 2.42. The lowest BCUT2D eigenvalue weighted by atomic mass is 9.82. The molecule has 0 amide bonds. The molecule has 0 unspecified atom stereocenters. The molecule has 0 N–H and O–H groups in total. The second-order valence-corrected chi connectivity index (χ2v) is 11.7. The van der Waals surface area contributed by atoms with Crippen molar-refractivity contribution in [3.63, 3.8) is 0 Å². The van der Waals surface area contributed by atoms with Crippen LogP contribution in [0.4, 0.5) is 0 Å². The van der Waals surface area contributed by atoms with E-state index in [0.29, 0.717) is 23.7 Å². The van der Waals surface area contributed by atoms with E-state index in [1.807, 2.05) is 0 Å². The third-order valence-corrected chi connectivity index (χ3v) is 7.45. The molecule has 1 aliphatic carbocycles. The lowest BCUT2D eigenvalue weighted by Crippen LogP contribution is -2.41. The van der Waals surface area contributed by atoms with Gasteiger partial charge in [-0.15, -0.1) is 10.2 Å². The summed E-state index contributed by atoms with van der Waals surface area (Å²) in [6.45, 7) is 12.1. The highest BCUT2D eigenvalue weighted by molar-refractivity contribution is 5.84. The molecule has 1 aromatic heterocycles. The van der Waals surface area contributed by atoms with Crippen molar-refractivity contribution in [1.82, 2.24) is 19.7 Å². The van der Waals surface area contributed by atoms with E-state index >= 15 is 0 Å². The second-order valence-electron chi connectivity index (χ2n) is 11.7. The highest BCUT2D eigenvalue weighted by atomic mass is 16.1. The molecule has 1 aromatic carbocycles. The van der Waals surface area contributed by atoms with Crippen molar-refractivity contribution in [2.45, 2.75) is 98.1 Å².